The molecule has 1 aromatic heterocycles. The molecule has 2 rings (SSSR count). The highest BCUT2D eigenvalue weighted by atomic mass is 79.9. The zero-order valence-electron chi connectivity index (χ0n) is 10.9. The highest BCUT2D eigenvalue weighted by Gasteiger charge is 2.12. The van der Waals surface area contributed by atoms with Gasteiger partial charge in [0, 0.05) is 22.9 Å². The van der Waals surface area contributed by atoms with E-state index in [1.165, 1.54) is 0 Å². The fourth-order valence-corrected chi connectivity index (χ4v) is 2.23. The molecule has 0 bridgehead atoms. The van der Waals surface area contributed by atoms with Crippen molar-refractivity contribution in [1.29, 1.82) is 0 Å². The first kappa shape index (κ1) is 13.7. The van der Waals surface area contributed by atoms with E-state index >= 15 is 0 Å². The molecule has 19 heavy (non-hydrogen) atoms. The van der Waals surface area contributed by atoms with Crippen molar-refractivity contribution >= 4 is 33.2 Å². The van der Waals surface area contributed by atoms with E-state index in [1.54, 1.807) is 12.3 Å². The molecule has 1 heterocycles. The molecule has 0 aliphatic carbocycles. The van der Waals surface area contributed by atoms with Gasteiger partial charge < -0.3 is 15.6 Å². The third-order valence-corrected chi connectivity index (χ3v) is 3.78. The Kier molecular flexibility index (Phi) is 3.95. The highest BCUT2D eigenvalue weighted by molar-refractivity contribution is 9.10. The molecule has 0 aliphatic rings. The van der Waals surface area contributed by atoms with Crippen LogP contribution in [0.4, 0.5) is 11.4 Å². The number of amides is 1. The lowest BCUT2D eigenvalue weighted by Crippen LogP contribution is -2.16. The standard InChI is InChI=1S/C14H16BrN3O/c1-3-18-8-10(16)6-13(18)14(19)17-11-5-4-9(2)12(15)7-11/h4-8H,3,16H2,1-2H3,(H,17,19). The largest absolute Gasteiger partial charge is 0.397 e. The van der Waals surface area contributed by atoms with Gasteiger partial charge in [0.15, 0.2) is 0 Å². The Morgan fingerprint density at radius 1 is 1.42 bits per heavy atom. The molecule has 0 unspecified atom stereocenters. The van der Waals surface area contributed by atoms with Crippen LogP contribution in [-0.4, -0.2) is 10.5 Å². The minimum atomic E-state index is -0.158. The highest BCUT2D eigenvalue weighted by Crippen LogP contribution is 2.21. The molecule has 3 N–H and O–H groups in total. The van der Waals surface area contributed by atoms with Crippen LogP contribution in [0.3, 0.4) is 0 Å². The molecular weight excluding hydrogens is 306 g/mol. The smallest absolute Gasteiger partial charge is 0.272 e. The number of nitrogens with two attached hydrogens (primary N) is 1. The second kappa shape index (κ2) is 5.48. The zero-order chi connectivity index (χ0) is 14.0. The van der Waals surface area contributed by atoms with Crippen molar-refractivity contribution in [3.8, 4) is 0 Å². The van der Waals surface area contributed by atoms with E-state index < -0.39 is 0 Å². The van der Waals surface area contributed by atoms with E-state index in [2.05, 4.69) is 21.2 Å². The molecule has 5 heteroatoms. The summed E-state index contributed by atoms with van der Waals surface area (Å²) in [5, 5.41) is 2.87. The molecule has 0 aliphatic heterocycles. The van der Waals surface area contributed by atoms with Gasteiger partial charge in [-0.15, -0.1) is 0 Å². The lowest BCUT2D eigenvalue weighted by atomic mass is 10.2. The lowest BCUT2D eigenvalue weighted by Gasteiger charge is -2.08. The van der Waals surface area contributed by atoms with Gasteiger partial charge in [-0.3, -0.25) is 4.79 Å². The summed E-state index contributed by atoms with van der Waals surface area (Å²) in [4.78, 5) is 12.2. The summed E-state index contributed by atoms with van der Waals surface area (Å²) >= 11 is 3.45. The van der Waals surface area contributed by atoms with Crippen LogP contribution in [0, 0.1) is 6.92 Å². The fourth-order valence-electron chi connectivity index (χ4n) is 1.85. The molecule has 0 saturated heterocycles. The number of benzene rings is 1. The van der Waals surface area contributed by atoms with Crippen molar-refractivity contribution in [2.45, 2.75) is 20.4 Å². The van der Waals surface area contributed by atoms with Crippen molar-refractivity contribution in [3.05, 3.63) is 46.2 Å². The molecule has 1 amide bonds. The van der Waals surface area contributed by atoms with E-state index in [9.17, 15) is 4.79 Å². The lowest BCUT2D eigenvalue weighted by molar-refractivity contribution is 0.101. The monoisotopic (exact) mass is 321 g/mol. The van der Waals surface area contributed by atoms with Crippen LogP contribution in [-0.2, 0) is 6.54 Å². The number of rotatable bonds is 3. The number of halogens is 1. The molecule has 0 radical (unpaired) electrons. The SMILES string of the molecule is CCn1cc(N)cc1C(=O)Nc1ccc(C)c(Br)c1. The van der Waals surface area contributed by atoms with Gasteiger partial charge in [0.05, 0.1) is 5.69 Å². The third kappa shape index (κ3) is 2.98. The topological polar surface area (TPSA) is 60.0 Å². The number of nitrogens with one attached hydrogen (secondary N) is 1. The number of carbonyl (C=O) groups excluding carboxylic acids is 1. The minimum absolute atomic E-state index is 0.158. The van der Waals surface area contributed by atoms with Crippen LogP contribution in [0.15, 0.2) is 34.9 Å². The van der Waals surface area contributed by atoms with E-state index in [0.29, 0.717) is 17.9 Å². The quantitative estimate of drug-likeness (QED) is 0.910. The van der Waals surface area contributed by atoms with Crippen molar-refractivity contribution in [2.24, 2.45) is 0 Å². The number of hydrogen-bond acceptors (Lipinski definition) is 2. The Labute approximate surface area is 120 Å². The molecule has 0 atom stereocenters. The average Bonchev–Trinajstić information content (AvgIpc) is 2.75. The predicted octanol–water partition coefficient (Wildman–Crippen LogP) is 3.41. The minimum Gasteiger partial charge on any atom is -0.397 e. The summed E-state index contributed by atoms with van der Waals surface area (Å²) in [6.45, 7) is 4.68. The van der Waals surface area contributed by atoms with Gasteiger partial charge in [-0.1, -0.05) is 22.0 Å². The van der Waals surface area contributed by atoms with Crippen molar-refractivity contribution in [1.82, 2.24) is 4.57 Å². The molecule has 2 aromatic rings. The van der Waals surface area contributed by atoms with Gasteiger partial charge in [0.1, 0.15) is 5.69 Å². The van der Waals surface area contributed by atoms with Crippen molar-refractivity contribution in [3.63, 3.8) is 0 Å². The number of nitrogen functional groups attached to an aromatic ring is 1. The number of anilines is 2. The Bertz CT molecular complexity index is 619. The zero-order valence-corrected chi connectivity index (χ0v) is 12.5. The molecule has 100 valence electrons. The Morgan fingerprint density at radius 2 is 2.16 bits per heavy atom. The summed E-state index contributed by atoms with van der Waals surface area (Å²) in [6.07, 6.45) is 1.76. The Morgan fingerprint density at radius 3 is 2.79 bits per heavy atom. The maximum absolute atomic E-state index is 12.2. The van der Waals surface area contributed by atoms with E-state index in [0.717, 1.165) is 15.7 Å². The van der Waals surface area contributed by atoms with Crippen LogP contribution in [0.25, 0.3) is 0 Å². The number of aromatic nitrogens is 1. The van der Waals surface area contributed by atoms with Gasteiger partial charge >= 0.3 is 0 Å². The van der Waals surface area contributed by atoms with Gasteiger partial charge in [-0.2, -0.15) is 0 Å². The maximum atomic E-state index is 12.2. The third-order valence-electron chi connectivity index (χ3n) is 2.92. The van der Waals surface area contributed by atoms with Crippen molar-refractivity contribution in [2.75, 3.05) is 11.1 Å². The van der Waals surface area contributed by atoms with E-state index in [4.69, 9.17) is 5.73 Å². The van der Waals surface area contributed by atoms with Crippen LogP contribution in [0.2, 0.25) is 0 Å². The first-order valence-corrected chi connectivity index (χ1v) is 6.83. The summed E-state index contributed by atoms with van der Waals surface area (Å²) in [6, 6.07) is 7.39. The second-order valence-corrected chi connectivity index (χ2v) is 5.22. The van der Waals surface area contributed by atoms with Crippen LogP contribution in [0.5, 0.6) is 0 Å². The molecule has 0 saturated carbocycles. The van der Waals surface area contributed by atoms with Crippen LogP contribution < -0.4 is 11.1 Å². The number of aryl methyl sites for hydroxylation is 2. The van der Waals surface area contributed by atoms with Crippen LogP contribution >= 0.6 is 15.9 Å². The summed E-state index contributed by atoms with van der Waals surface area (Å²) in [7, 11) is 0. The fraction of sp³-hybridized carbons (Fsp3) is 0.214. The summed E-state index contributed by atoms with van der Waals surface area (Å²) in [5.41, 5.74) is 8.76. The molecule has 1 aromatic carbocycles. The number of carbonyl (C=O) groups is 1. The number of hydrogen-bond donors (Lipinski definition) is 2. The molecule has 4 nitrogen and oxygen atoms in total. The van der Waals surface area contributed by atoms with E-state index in [1.807, 2.05) is 36.6 Å². The van der Waals surface area contributed by atoms with Gasteiger partial charge in [-0.05, 0) is 37.6 Å². The molecule has 0 fully saturated rings. The van der Waals surface area contributed by atoms with E-state index in [-0.39, 0.29) is 5.91 Å². The first-order valence-electron chi connectivity index (χ1n) is 6.04. The molecular formula is C14H16BrN3O. The van der Waals surface area contributed by atoms with Gasteiger partial charge in [0.2, 0.25) is 0 Å². The summed E-state index contributed by atoms with van der Waals surface area (Å²) in [5.74, 6) is -0.158. The maximum Gasteiger partial charge on any atom is 0.272 e. The second-order valence-electron chi connectivity index (χ2n) is 4.36. The number of nitrogens with zero attached hydrogens (tertiary/aromatic N) is 1. The predicted molar refractivity (Wildman–Crippen MR) is 81.4 cm³/mol. The van der Waals surface area contributed by atoms with Crippen molar-refractivity contribution < 1.29 is 4.79 Å². The van der Waals surface area contributed by atoms with Gasteiger partial charge in [-0.25, -0.2) is 0 Å². The van der Waals surface area contributed by atoms with Crippen LogP contribution in [0.1, 0.15) is 23.0 Å². The normalized spacial score (nSPS) is 10.5. The summed E-state index contributed by atoms with van der Waals surface area (Å²) < 4.78 is 2.80. The molecule has 0 spiro atoms. The first-order chi connectivity index (χ1) is 9.01. The Hall–Kier alpha value is -1.75. The van der Waals surface area contributed by atoms with Gasteiger partial charge in [0.25, 0.3) is 5.91 Å². The Balaban J connectivity index is 2.22. The average molecular weight is 322 g/mol.